The van der Waals surface area contributed by atoms with Crippen molar-refractivity contribution in [1.29, 1.82) is 0 Å². The summed E-state index contributed by atoms with van der Waals surface area (Å²) in [5, 5.41) is 43.2. The van der Waals surface area contributed by atoms with E-state index in [1.54, 1.807) is 6.92 Å². The van der Waals surface area contributed by atoms with E-state index in [0.717, 1.165) is 0 Å². The van der Waals surface area contributed by atoms with Gasteiger partial charge in [-0.3, -0.25) is 4.79 Å². The van der Waals surface area contributed by atoms with Gasteiger partial charge in [0.05, 0.1) is 11.5 Å². The molecule has 0 aromatic carbocycles. The highest BCUT2D eigenvalue weighted by Gasteiger charge is 2.82. The number of carbonyl (C=O) groups is 2. The Morgan fingerprint density at radius 1 is 1.18 bits per heavy atom. The molecule has 0 radical (unpaired) electrons. The van der Waals surface area contributed by atoms with Gasteiger partial charge in [-0.1, -0.05) is 13.8 Å². The summed E-state index contributed by atoms with van der Waals surface area (Å²) in [5.41, 5.74) is -7.18. The lowest BCUT2D eigenvalue weighted by molar-refractivity contribution is -0.282. The van der Waals surface area contributed by atoms with Crippen LogP contribution in [0.15, 0.2) is 0 Å². The average molecular weight is 314 g/mol. The summed E-state index contributed by atoms with van der Waals surface area (Å²) in [6.07, 6.45) is -3.27. The van der Waals surface area contributed by atoms with Crippen molar-refractivity contribution in [2.24, 2.45) is 16.7 Å². The summed E-state index contributed by atoms with van der Waals surface area (Å²) in [6, 6.07) is 0. The van der Waals surface area contributed by atoms with Crippen molar-refractivity contribution in [3.05, 3.63) is 0 Å². The number of ether oxygens (including phenoxy) is 1. The molecule has 124 valence electrons. The van der Waals surface area contributed by atoms with Crippen molar-refractivity contribution in [3.8, 4) is 0 Å². The second-order valence-electron chi connectivity index (χ2n) is 7.47. The van der Waals surface area contributed by atoms with Crippen LogP contribution in [0, 0.1) is 16.7 Å². The Bertz CT molecular complexity index is 558. The zero-order chi connectivity index (χ0) is 16.7. The van der Waals surface area contributed by atoms with Gasteiger partial charge in [0.25, 0.3) is 0 Å². The molecular weight excluding hydrogens is 292 g/mol. The summed E-state index contributed by atoms with van der Waals surface area (Å²) in [6.45, 7) is 3.91. The van der Waals surface area contributed by atoms with Crippen molar-refractivity contribution in [2.75, 3.05) is 6.61 Å². The molecule has 7 nitrogen and oxygen atoms in total. The van der Waals surface area contributed by atoms with Gasteiger partial charge >= 0.3 is 5.97 Å². The minimum absolute atomic E-state index is 0.125. The van der Waals surface area contributed by atoms with Crippen LogP contribution in [0.1, 0.15) is 33.6 Å². The molecule has 3 rings (SSSR count). The molecule has 0 aromatic rings. The van der Waals surface area contributed by atoms with Crippen molar-refractivity contribution in [3.63, 3.8) is 0 Å². The van der Waals surface area contributed by atoms with Crippen molar-refractivity contribution >= 4 is 11.8 Å². The first-order chi connectivity index (χ1) is 9.96. The largest absolute Gasteiger partial charge is 0.463 e. The molecule has 0 spiro atoms. The second kappa shape index (κ2) is 4.08. The van der Waals surface area contributed by atoms with Gasteiger partial charge < -0.3 is 25.2 Å². The number of Topliss-reactive ketones (excluding diaryl/α,β-unsaturated/α-hetero) is 1. The number of carbonyl (C=O) groups excluding carboxylic acids is 2. The first-order valence-corrected chi connectivity index (χ1v) is 7.47. The van der Waals surface area contributed by atoms with E-state index in [4.69, 9.17) is 4.74 Å². The van der Waals surface area contributed by atoms with E-state index >= 15 is 0 Å². The molecule has 7 heteroatoms. The summed E-state index contributed by atoms with van der Waals surface area (Å²) in [4.78, 5) is 24.6. The molecule has 7 atom stereocenters. The van der Waals surface area contributed by atoms with Gasteiger partial charge in [0.1, 0.15) is 17.8 Å². The topological polar surface area (TPSA) is 124 Å². The van der Waals surface area contributed by atoms with Crippen LogP contribution >= 0.6 is 0 Å². The van der Waals surface area contributed by atoms with E-state index < -0.39 is 58.5 Å². The Kier molecular flexibility index (Phi) is 2.94. The van der Waals surface area contributed by atoms with E-state index in [9.17, 15) is 30.0 Å². The van der Waals surface area contributed by atoms with Crippen LogP contribution in [-0.2, 0) is 14.3 Å². The maximum absolute atomic E-state index is 12.6. The molecule has 0 amide bonds. The number of aliphatic hydroxyl groups excluding tert-OH is 2. The number of cyclic esters (lactones) is 1. The minimum atomic E-state index is -2.01. The fraction of sp³-hybridized carbons (Fsp3) is 0.867. The molecular formula is C15H22O7. The zero-order valence-electron chi connectivity index (χ0n) is 12.9. The molecule has 1 saturated heterocycles. The van der Waals surface area contributed by atoms with Gasteiger partial charge in [-0.05, 0) is 19.3 Å². The van der Waals surface area contributed by atoms with Crippen LogP contribution in [0.2, 0.25) is 0 Å². The van der Waals surface area contributed by atoms with Crippen LogP contribution in [0.3, 0.4) is 0 Å². The van der Waals surface area contributed by atoms with Gasteiger partial charge in [0.2, 0.25) is 0 Å². The Balaban J connectivity index is 2.37. The van der Waals surface area contributed by atoms with Crippen molar-refractivity contribution in [2.45, 2.75) is 57.0 Å². The molecule has 3 aliphatic rings. The second-order valence-corrected chi connectivity index (χ2v) is 7.47. The Labute approximate surface area is 127 Å². The number of aliphatic hydroxyl groups is 4. The van der Waals surface area contributed by atoms with E-state index in [0.29, 0.717) is 0 Å². The van der Waals surface area contributed by atoms with Crippen LogP contribution in [0.5, 0.6) is 0 Å². The molecule has 1 heterocycles. The molecule has 2 saturated carbocycles. The quantitative estimate of drug-likeness (QED) is 0.412. The number of hydrogen-bond acceptors (Lipinski definition) is 7. The lowest BCUT2D eigenvalue weighted by Crippen LogP contribution is -2.77. The minimum Gasteiger partial charge on any atom is -0.463 e. The normalized spacial score (nSPS) is 58.0. The van der Waals surface area contributed by atoms with Crippen LogP contribution in [0.4, 0.5) is 0 Å². The lowest BCUT2D eigenvalue weighted by atomic mass is 9.45. The smallest absolute Gasteiger partial charge is 0.335 e. The fourth-order valence-corrected chi connectivity index (χ4v) is 5.04. The Morgan fingerprint density at radius 3 is 2.36 bits per heavy atom. The summed E-state index contributed by atoms with van der Waals surface area (Å²) < 4.78 is 5.04. The third kappa shape index (κ3) is 1.29. The highest BCUT2D eigenvalue weighted by molar-refractivity contribution is 5.92. The first-order valence-electron chi connectivity index (χ1n) is 7.47. The van der Waals surface area contributed by atoms with E-state index in [-0.39, 0.29) is 12.8 Å². The van der Waals surface area contributed by atoms with Crippen LogP contribution < -0.4 is 0 Å². The maximum Gasteiger partial charge on any atom is 0.335 e. The molecule has 2 bridgehead atoms. The third-order valence-electron chi connectivity index (χ3n) is 6.77. The Morgan fingerprint density at radius 2 is 1.77 bits per heavy atom. The fourth-order valence-electron chi connectivity index (χ4n) is 5.04. The number of esters is 1. The van der Waals surface area contributed by atoms with Crippen molar-refractivity contribution in [1.82, 2.24) is 0 Å². The predicted molar refractivity (Wildman–Crippen MR) is 72.5 cm³/mol. The molecule has 4 N–H and O–H groups in total. The molecule has 22 heavy (non-hydrogen) atoms. The molecule has 3 fully saturated rings. The third-order valence-corrected chi connectivity index (χ3v) is 6.77. The molecule has 0 aromatic heterocycles. The van der Waals surface area contributed by atoms with E-state index in [2.05, 4.69) is 0 Å². The number of hydrogen-bond donors (Lipinski definition) is 4. The van der Waals surface area contributed by atoms with Crippen LogP contribution in [-0.4, -0.2) is 62.2 Å². The summed E-state index contributed by atoms with van der Waals surface area (Å²) >= 11 is 0. The first kappa shape index (κ1) is 15.9. The van der Waals surface area contributed by atoms with Gasteiger partial charge in [0.15, 0.2) is 11.9 Å². The van der Waals surface area contributed by atoms with E-state index in [1.165, 1.54) is 13.8 Å². The molecule has 2 aliphatic carbocycles. The highest BCUT2D eigenvalue weighted by Crippen LogP contribution is 2.68. The van der Waals surface area contributed by atoms with Gasteiger partial charge in [0, 0.05) is 11.8 Å². The summed E-state index contributed by atoms with van der Waals surface area (Å²) in [7, 11) is 0. The highest BCUT2D eigenvalue weighted by atomic mass is 16.6. The maximum atomic E-state index is 12.6. The van der Waals surface area contributed by atoms with Gasteiger partial charge in [-0.25, -0.2) is 4.79 Å². The standard InChI is InChI=1S/C15H22O7/c1-7-4-8(16)15(21)12(2)6-22-11(19)10(18)14(7,15)5-9(17)13(12,3)20/h7-8,10,16,18,20-21H,4-6H2,1-3H3. The Hall–Kier alpha value is -1.02. The summed E-state index contributed by atoms with van der Waals surface area (Å²) in [5.74, 6) is -2.00. The molecule has 7 unspecified atom stereocenters. The monoisotopic (exact) mass is 314 g/mol. The van der Waals surface area contributed by atoms with Crippen molar-refractivity contribution < 1.29 is 34.8 Å². The van der Waals surface area contributed by atoms with Crippen LogP contribution in [0.25, 0.3) is 0 Å². The predicted octanol–water partition coefficient (Wildman–Crippen LogP) is -1.25. The number of ketones is 1. The number of rotatable bonds is 0. The van der Waals surface area contributed by atoms with Gasteiger partial charge in [-0.2, -0.15) is 0 Å². The average Bonchev–Trinajstić information content (AvgIpc) is 2.61. The molecule has 1 aliphatic heterocycles. The van der Waals surface area contributed by atoms with Gasteiger partial charge in [-0.15, -0.1) is 0 Å². The van der Waals surface area contributed by atoms with E-state index in [1.807, 2.05) is 0 Å². The lowest BCUT2D eigenvalue weighted by Gasteiger charge is -2.61. The zero-order valence-corrected chi connectivity index (χ0v) is 12.9. The SMILES string of the molecule is CC1CC(O)C2(O)C13CC(=O)C(C)(O)C2(C)COC(=O)C3O.